The van der Waals surface area contributed by atoms with Gasteiger partial charge in [0.1, 0.15) is 0 Å². The molecule has 1 aromatic heterocycles. The fourth-order valence-corrected chi connectivity index (χ4v) is 0.770. The second kappa shape index (κ2) is 6.29. The van der Waals surface area contributed by atoms with Crippen molar-refractivity contribution in [2.75, 3.05) is 0 Å². The van der Waals surface area contributed by atoms with Crippen molar-refractivity contribution in [3.05, 3.63) is 24.0 Å². The molecule has 102 valence electrons. The maximum absolute atomic E-state index is 9.10. The number of aryl methyl sites for hydroxylation is 1. The van der Waals surface area contributed by atoms with E-state index < -0.39 is 18.3 Å². The SMILES string of the molecule is CC(C)(O)C(C)(C)O.Cc1ncccc1B(O)O. The Kier molecular flexibility index (Phi) is 5.96. The summed E-state index contributed by atoms with van der Waals surface area (Å²) in [5, 5.41) is 35.6. The van der Waals surface area contributed by atoms with Gasteiger partial charge in [0.05, 0.1) is 11.2 Å². The highest BCUT2D eigenvalue weighted by atomic mass is 16.4. The van der Waals surface area contributed by atoms with Crippen LogP contribution in [0.1, 0.15) is 33.4 Å². The molecule has 1 aromatic rings. The predicted molar refractivity (Wildman–Crippen MR) is 71.4 cm³/mol. The van der Waals surface area contributed by atoms with Crippen molar-refractivity contribution < 1.29 is 20.3 Å². The van der Waals surface area contributed by atoms with Crippen molar-refractivity contribution in [2.45, 2.75) is 45.8 Å². The van der Waals surface area contributed by atoms with Crippen LogP contribution >= 0.6 is 0 Å². The Bertz CT molecular complexity index is 357. The van der Waals surface area contributed by atoms with Gasteiger partial charge in [0.2, 0.25) is 0 Å². The molecule has 0 unspecified atom stereocenters. The number of hydrogen-bond acceptors (Lipinski definition) is 5. The van der Waals surface area contributed by atoms with E-state index in [1.807, 2.05) is 0 Å². The van der Waals surface area contributed by atoms with Crippen LogP contribution in [0.25, 0.3) is 0 Å². The number of hydrogen-bond donors (Lipinski definition) is 4. The number of rotatable bonds is 2. The van der Waals surface area contributed by atoms with Gasteiger partial charge in [-0.25, -0.2) is 0 Å². The molecule has 1 rings (SSSR count). The van der Waals surface area contributed by atoms with Gasteiger partial charge in [0, 0.05) is 17.4 Å². The summed E-state index contributed by atoms with van der Waals surface area (Å²) in [6.45, 7) is 8.04. The average Bonchev–Trinajstić information content (AvgIpc) is 2.15. The zero-order valence-corrected chi connectivity index (χ0v) is 11.5. The summed E-state index contributed by atoms with van der Waals surface area (Å²) >= 11 is 0. The Hall–Kier alpha value is -0.945. The second-order valence-corrected chi connectivity index (χ2v) is 5.17. The molecular weight excluding hydrogens is 233 g/mol. The molecule has 4 N–H and O–H groups in total. The standard InChI is InChI=1S/C6H8BNO2.C6H14O2/c1-5-6(7(9)10)3-2-4-8-5;1-5(2,7)6(3,4)8/h2-4,9-10H,1H3;7-8H,1-4H3. The molecule has 0 aliphatic carbocycles. The fourth-order valence-electron chi connectivity index (χ4n) is 0.770. The van der Waals surface area contributed by atoms with Crippen LogP contribution in [0.4, 0.5) is 0 Å². The van der Waals surface area contributed by atoms with E-state index in [2.05, 4.69) is 4.98 Å². The summed E-state index contributed by atoms with van der Waals surface area (Å²) in [5.74, 6) is 0. The molecule has 0 aromatic carbocycles. The van der Waals surface area contributed by atoms with Gasteiger partial charge in [0.25, 0.3) is 0 Å². The van der Waals surface area contributed by atoms with Crippen molar-refractivity contribution in [2.24, 2.45) is 0 Å². The van der Waals surface area contributed by atoms with Crippen molar-refractivity contribution in [3.8, 4) is 0 Å². The highest BCUT2D eigenvalue weighted by molar-refractivity contribution is 6.59. The van der Waals surface area contributed by atoms with E-state index in [4.69, 9.17) is 20.3 Å². The molecule has 0 saturated carbocycles. The quantitative estimate of drug-likeness (QED) is 0.539. The maximum Gasteiger partial charge on any atom is 0.490 e. The smallest absolute Gasteiger partial charge is 0.423 e. The van der Waals surface area contributed by atoms with Crippen molar-refractivity contribution in [3.63, 3.8) is 0 Å². The molecule has 1 heterocycles. The maximum atomic E-state index is 9.10. The lowest BCUT2D eigenvalue weighted by Crippen LogP contribution is -2.44. The first kappa shape index (κ1) is 17.1. The topological polar surface area (TPSA) is 93.8 Å². The molecule has 0 spiro atoms. The van der Waals surface area contributed by atoms with Crippen LogP contribution in [-0.2, 0) is 0 Å². The van der Waals surface area contributed by atoms with Crippen LogP contribution in [0.5, 0.6) is 0 Å². The first-order valence-corrected chi connectivity index (χ1v) is 5.69. The minimum absolute atomic E-state index is 0.461. The minimum atomic E-state index is -1.41. The minimum Gasteiger partial charge on any atom is -0.423 e. The average molecular weight is 255 g/mol. The highest BCUT2D eigenvalue weighted by Gasteiger charge is 2.31. The normalized spacial score (nSPS) is 11.6. The van der Waals surface area contributed by atoms with Gasteiger partial charge in [-0.05, 0) is 40.7 Å². The Labute approximate surface area is 108 Å². The lowest BCUT2D eigenvalue weighted by molar-refractivity contribution is -0.107. The number of nitrogens with zero attached hydrogens (tertiary/aromatic N) is 1. The number of aromatic nitrogens is 1. The van der Waals surface area contributed by atoms with E-state index in [1.54, 1.807) is 52.9 Å². The van der Waals surface area contributed by atoms with E-state index >= 15 is 0 Å². The molecule has 0 aliphatic heterocycles. The lowest BCUT2D eigenvalue weighted by Gasteiger charge is -2.31. The zero-order valence-electron chi connectivity index (χ0n) is 11.5. The lowest BCUT2D eigenvalue weighted by atomic mass is 9.79. The van der Waals surface area contributed by atoms with Gasteiger partial charge in [-0.15, -0.1) is 0 Å². The monoisotopic (exact) mass is 255 g/mol. The van der Waals surface area contributed by atoms with E-state index in [1.165, 1.54) is 0 Å². The third kappa shape index (κ3) is 5.60. The fraction of sp³-hybridized carbons (Fsp3) is 0.583. The molecule has 0 atom stereocenters. The van der Waals surface area contributed by atoms with Crippen molar-refractivity contribution >= 4 is 12.6 Å². The molecule has 0 saturated heterocycles. The Morgan fingerprint density at radius 2 is 1.50 bits per heavy atom. The Morgan fingerprint density at radius 1 is 1.06 bits per heavy atom. The first-order valence-electron chi connectivity index (χ1n) is 5.69. The van der Waals surface area contributed by atoms with E-state index in [9.17, 15) is 0 Å². The first-order chi connectivity index (χ1) is 7.97. The molecule has 18 heavy (non-hydrogen) atoms. The van der Waals surface area contributed by atoms with Crippen LogP contribution in [0.15, 0.2) is 18.3 Å². The van der Waals surface area contributed by atoms with E-state index in [0.717, 1.165) is 0 Å². The van der Waals surface area contributed by atoms with E-state index in [-0.39, 0.29) is 0 Å². The van der Waals surface area contributed by atoms with Gasteiger partial charge in [-0.1, -0.05) is 6.07 Å². The van der Waals surface area contributed by atoms with Gasteiger partial charge in [-0.2, -0.15) is 0 Å². The van der Waals surface area contributed by atoms with Gasteiger partial charge in [-0.3, -0.25) is 4.98 Å². The second-order valence-electron chi connectivity index (χ2n) is 5.17. The van der Waals surface area contributed by atoms with Crippen LogP contribution in [0.3, 0.4) is 0 Å². The van der Waals surface area contributed by atoms with Crippen LogP contribution in [0, 0.1) is 6.92 Å². The Balaban J connectivity index is 0.000000331. The van der Waals surface area contributed by atoms with E-state index in [0.29, 0.717) is 11.2 Å². The van der Waals surface area contributed by atoms with Gasteiger partial charge in [0.15, 0.2) is 0 Å². The predicted octanol–water partition coefficient (Wildman–Crippen LogP) is -0.402. The summed E-state index contributed by atoms with van der Waals surface area (Å²) in [6.07, 6.45) is 1.61. The Morgan fingerprint density at radius 3 is 1.72 bits per heavy atom. The summed E-state index contributed by atoms with van der Waals surface area (Å²) in [6, 6.07) is 3.30. The van der Waals surface area contributed by atoms with Gasteiger partial charge >= 0.3 is 7.12 Å². The van der Waals surface area contributed by atoms with Crippen LogP contribution in [0.2, 0.25) is 0 Å². The molecular formula is C12H22BNO4. The summed E-state index contributed by atoms with van der Waals surface area (Å²) in [5.41, 5.74) is -0.903. The summed E-state index contributed by atoms with van der Waals surface area (Å²) < 4.78 is 0. The third-order valence-corrected chi connectivity index (χ3v) is 2.82. The molecule has 0 bridgehead atoms. The van der Waals surface area contributed by atoms with Crippen molar-refractivity contribution in [1.29, 1.82) is 0 Å². The molecule has 0 aliphatic rings. The molecule has 0 radical (unpaired) electrons. The molecule has 5 nitrogen and oxygen atoms in total. The number of pyridine rings is 1. The molecule has 0 fully saturated rings. The summed E-state index contributed by atoms with van der Waals surface area (Å²) in [4.78, 5) is 3.88. The highest BCUT2D eigenvalue weighted by Crippen LogP contribution is 2.19. The third-order valence-electron chi connectivity index (χ3n) is 2.82. The summed E-state index contributed by atoms with van der Waals surface area (Å²) in [7, 11) is -1.41. The van der Waals surface area contributed by atoms with Crippen molar-refractivity contribution in [1.82, 2.24) is 4.98 Å². The molecule has 0 amide bonds. The zero-order chi connectivity index (χ0) is 14.6. The molecule has 6 heteroatoms. The van der Waals surface area contributed by atoms with Gasteiger partial charge < -0.3 is 20.3 Å². The largest absolute Gasteiger partial charge is 0.490 e. The number of aliphatic hydroxyl groups is 2. The van der Waals surface area contributed by atoms with Crippen LogP contribution in [-0.4, -0.2) is 43.6 Å². The van der Waals surface area contributed by atoms with Crippen LogP contribution < -0.4 is 5.46 Å².